The third-order valence-corrected chi connectivity index (χ3v) is 9.59. The predicted molar refractivity (Wildman–Crippen MR) is 149 cm³/mol. The highest BCUT2D eigenvalue weighted by atomic mass is 35.5. The van der Waals surface area contributed by atoms with E-state index in [1.54, 1.807) is 9.80 Å². The van der Waals surface area contributed by atoms with E-state index >= 15 is 0 Å². The third kappa shape index (κ3) is 4.82. The second-order valence-electron chi connectivity index (χ2n) is 9.74. The van der Waals surface area contributed by atoms with Gasteiger partial charge >= 0.3 is 0 Å². The Morgan fingerprint density at radius 2 is 1.29 bits per heavy atom. The van der Waals surface area contributed by atoms with E-state index in [0.717, 1.165) is 26.8 Å². The van der Waals surface area contributed by atoms with Crippen molar-refractivity contribution in [1.82, 2.24) is 4.31 Å². The Labute approximate surface area is 232 Å². The van der Waals surface area contributed by atoms with E-state index in [9.17, 15) is 18.0 Å². The number of halogens is 2. The Hall–Kier alpha value is -2.91. The lowest BCUT2D eigenvalue weighted by Crippen LogP contribution is -2.49. The summed E-state index contributed by atoms with van der Waals surface area (Å²) in [7, 11) is -4.37. The number of sulfonamides is 1. The molecule has 0 aliphatic carbocycles. The molecule has 0 N–H and O–H groups in total. The average Bonchev–Trinajstić information content (AvgIpc) is 3.39. The zero-order valence-corrected chi connectivity index (χ0v) is 23.3. The van der Waals surface area contributed by atoms with Crippen molar-refractivity contribution in [2.75, 3.05) is 22.9 Å². The van der Waals surface area contributed by atoms with Crippen molar-refractivity contribution >= 4 is 56.4 Å². The average molecular weight is 573 g/mol. The van der Waals surface area contributed by atoms with Crippen LogP contribution in [0.3, 0.4) is 0 Å². The number of nitrogens with zero attached hydrogens (tertiary/aromatic N) is 3. The van der Waals surface area contributed by atoms with Crippen molar-refractivity contribution in [2.24, 2.45) is 0 Å². The lowest BCUT2D eigenvalue weighted by molar-refractivity contribution is -0.121. The smallest absolute Gasteiger partial charge is 0.245 e. The van der Waals surface area contributed by atoms with E-state index in [2.05, 4.69) is 0 Å². The summed E-state index contributed by atoms with van der Waals surface area (Å²) < 4.78 is 28.7. The number of fused-ring (bicyclic) bond motifs is 2. The van der Waals surface area contributed by atoms with Gasteiger partial charge in [0.25, 0.3) is 0 Å². The zero-order valence-electron chi connectivity index (χ0n) is 21.0. The number of amides is 2. The van der Waals surface area contributed by atoms with Gasteiger partial charge in [0.05, 0.1) is 18.1 Å². The number of carbonyl (C=O) groups excluding carboxylic acids is 2. The highest BCUT2D eigenvalue weighted by Crippen LogP contribution is 2.35. The summed E-state index contributed by atoms with van der Waals surface area (Å²) in [6.45, 7) is 2.77. The number of para-hydroxylation sites is 2. The van der Waals surface area contributed by atoms with Crippen LogP contribution >= 0.6 is 23.2 Å². The lowest BCUT2D eigenvalue weighted by atomic mass is 10.1. The highest BCUT2D eigenvalue weighted by molar-refractivity contribution is 7.89. The molecule has 0 radical (unpaired) electrons. The van der Waals surface area contributed by atoms with Gasteiger partial charge in [-0.3, -0.25) is 9.59 Å². The van der Waals surface area contributed by atoms with Crippen LogP contribution in [0.5, 0.6) is 0 Å². The van der Waals surface area contributed by atoms with Gasteiger partial charge in [-0.15, -0.1) is 0 Å². The fraction of sp³-hybridized carbons (Fsp3) is 0.286. The first-order valence-corrected chi connectivity index (χ1v) is 14.5. The minimum absolute atomic E-state index is 0.0425. The Balaban J connectivity index is 1.50. The normalized spacial score (nSPS) is 18.6. The Bertz CT molecular complexity index is 1450. The van der Waals surface area contributed by atoms with E-state index in [0.29, 0.717) is 12.8 Å². The maximum Gasteiger partial charge on any atom is 0.245 e. The molecule has 3 aromatic rings. The molecule has 0 saturated carbocycles. The molecule has 2 aliphatic rings. The maximum atomic E-state index is 13.9. The van der Waals surface area contributed by atoms with Gasteiger partial charge in [0.1, 0.15) is 4.90 Å². The molecule has 7 nitrogen and oxygen atoms in total. The molecule has 5 rings (SSSR count). The van der Waals surface area contributed by atoms with Crippen LogP contribution in [0, 0.1) is 0 Å². The van der Waals surface area contributed by atoms with E-state index < -0.39 is 34.9 Å². The van der Waals surface area contributed by atoms with Crippen LogP contribution in [-0.4, -0.2) is 49.7 Å². The summed E-state index contributed by atoms with van der Waals surface area (Å²) in [6.07, 6.45) is 1.32. The topological polar surface area (TPSA) is 78.0 Å². The molecule has 2 aliphatic heterocycles. The number of rotatable bonds is 6. The number of hydrogen-bond donors (Lipinski definition) is 0. The fourth-order valence-corrected chi connectivity index (χ4v) is 7.46. The quantitative estimate of drug-likeness (QED) is 0.420. The van der Waals surface area contributed by atoms with Crippen molar-refractivity contribution in [1.29, 1.82) is 0 Å². The summed E-state index contributed by atoms with van der Waals surface area (Å²) >= 11 is 12.4. The first kappa shape index (κ1) is 26.7. The van der Waals surface area contributed by atoms with Crippen molar-refractivity contribution < 1.29 is 18.0 Å². The lowest BCUT2D eigenvalue weighted by Gasteiger charge is -2.30. The van der Waals surface area contributed by atoms with Gasteiger partial charge in [-0.25, -0.2) is 8.42 Å². The van der Waals surface area contributed by atoms with E-state index in [1.165, 1.54) is 18.2 Å². The molecule has 3 aromatic carbocycles. The fourth-order valence-electron chi connectivity index (χ4n) is 5.39. The molecule has 0 bridgehead atoms. The second-order valence-corrected chi connectivity index (χ2v) is 12.5. The van der Waals surface area contributed by atoms with Gasteiger partial charge in [0.15, 0.2) is 0 Å². The Kier molecular flexibility index (Phi) is 7.26. The first-order chi connectivity index (χ1) is 18.1. The molecule has 2 heterocycles. The molecule has 0 fully saturated rings. The number of carbonyl (C=O) groups is 2. The van der Waals surface area contributed by atoms with Crippen LogP contribution in [-0.2, 0) is 32.5 Å². The van der Waals surface area contributed by atoms with Gasteiger partial charge in [0.2, 0.25) is 21.8 Å². The number of anilines is 2. The molecular weight excluding hydrogens is 545 g/mol. The van der Waals surface area contributed by atoms with Crippen LogP contribution in [0.4, 0.5) is 11.4 Å². The monoisotopic (exact) mass is 571 g/mol. The van der Waals surface area contributed by atoms with Gasteiger partial charge in [-0.05, 0) is 68.1 Å². The molecule has 198 valence electrons. The van der Waals surface area contributed by atoms with Crippen LogP contribution in [0.15, 0.2) is 71.6 Å². The van der Waals surface area contributed by atoms with Crippen LogP contribution in [0.1, 0.15) is 25.0 Å². The van der Waals surface area contributed by atoms with Crippen LogP contribution in [0.2, 0.25) is 10.0 Å². The number of hydrogen-bond acceptors (Lipinski definition) is 4. The molecule has 38 heavy (non-hydrogen) atoms. The van der Waals surface area contributed by atoms with Crippen molar-refractivity contribution in [3.8, 4) is 0 Å². The summed E-state index contributed by atoms with van der Waals surface area (Å²) in [6, 6.07) is 18.9. The van der Waals surface area contributed by atoms with Crippen molar-refractivity contribution in [3.63, 3.8) is 0 Å². The molecule has 2 atom stereocenters. The van der Waals surface area contributed by atoms with E-state index in [4.69, 9.17) is 23.2 Å². The maximum absolute atomic E-state index is 13.9. The standard InChI is InChI=1S/C28H27Cl2N3O4S/c1-18-13-20-7-3-5-9-24(20)32(18)27(34)16-31(38(36,37)26-15-22(29)11-12-23(26)30)17-28(35)33-19(2)14-21-8-4-6-10-25(21)33/h3-12,15,18-19H,13-14,16-17H2,1-2H3. The zero-order chi connectivity index (χ0) is 27.2. The van der Waals surface area contributed by atoms with E-state index in [1.807, 2.05) is 62.4 Å². The molecule has 10 heteroatoms. The van der Waals surface area contributed by atoms with Gasteiger partial charge in [-0.2, -0.15) is 4.31 Å². The highest BCUT2D eigenvalue weighted by Gasteiger charge is 2.38. The molecule has 2 unspecified atom stereocenters. The molecule has 2 amide bonds. The summed E-state index contributed by atoms with van der Waals surface area (Å²) in [5.41, 5.74) is 3.52. The predicted octanol–water partition coefficient (Wildman–Crippen LogP) is 4.94. The van der Waals surface area contributed by atoms with E-state index in [-0.39, 0.29) is 27.0 Å². The minimum atomic E-state index is -4.37. The summed E-state index contributed by atoms with van der Waals surface area (Å²) in [4.78, 5) is 30.3. The van der Waals surface area contributed by atoms with Crippen LogP contribution in [0.25, 0.3) is 0 Å². The van der Waals surface area contributed by atoms with Gasteiger partial charge < -0.3 is 9.80 Å². The molecule has 0 spiro atoms. The molecule has 0 aromatic heterocycles. The Morgan fingerprint density at radius 3 is 1.79 bits per heavy atom. The SMILES string of the molecule is CC1Cc2ccccc2N1C(=O)CN(CC(=O)N1c2ccccc2CC1C)S(=O)(=O)c1cc(Cl)ccc1Cl. The molecular formula is C28H27Cl2N3O4S. The first-order valence-electron chi connectivity index (χ1n) is 12.3. The van der Waals surface area contributed by atoms with Gasteiger partial charge in [-0.1, -0.05) is 59.6 Å². The van der Waals surface area contributed by atoms with Crippen molar-refractivity contribution in [3.05, 3.63) is 87.9 Å². The Morgan fingerprint density at radius 1 is 0.816 bits per heavy atom. The second kappa shape index (κ2) is 10.3. The minimum Gasteiger partial charge on any atom is -0.308 e. The summed E-state index contributed by atoms with van der Waals surface area (Å²) in [5.74, 6) is -0.848. The molecule has 0 saturated heterocycles. The summed E-state index contributed by atoms with van der Waals surface area (Å²) in [5, 5.41) is 0.133. The largest absolute Gasteiger partial charge is 0.308 e. The third-order valence-electron chi connectivity index (χ3n) is 7.09. The van der Waals surface area contributed by atoms with Gasteiger partial charge in [0, 0.05) is 28.5 Å². The number of benzene rings is 3. The van der Waals surface area contributed by atoms with Crippen molar-refractivity contribution in [2.45, 2.75) is 43.7 Å². The van der Waals surface area contributed by atoms with Crippen LogP contribution < -0.4 is 9.80 Å².